The van der Waals surface area contributed by atoms with Gasteiger partial charge in [-0.1, -0.05) is 48.3 Å². The van der Waals surface area contributed by atoms with Crippen molar-refractivity contribution < 1.29 is 14.1 Å². The van der Waals surface area contributed by atoms with Crippen LogP contribution in [-0.2, 0) is 17.8 Å². The lowest BCUT2D eigenvalue weighted by Crippen LogP contribution is -2.38. The average Bonchev–Trinajstić information content (AvgIpc) is 3.20. The fourth-order valence-electron chi connectivity index (χ4n) is 3.99. The van der Waals surface area contributed by atoms with Crippen molar-refractivity contribution in [3.63, 3.8) is 0 Å². The average molecular weight is 396 g/mol. The Morgan fingerprint density at radius 3 is 2.59 bits per heavy atom. The Morgan fingerprint density at radius 1 is 1.10 bits per heavy atom. The third-order valence-corrected chi connectivity index (χ3v) is 5.92. The minimum absolute atomic E-state index is 0.136. The van der Waals surface area contributed by atoms with Gasteiger partial charge in [0, 0.05) is 25.1 Å². The summed E-state index contributed by atoms with van der Waals surface area (Å²) in [7, 11) is 0. The molecule has 1 heterocycles. The summed E-state index contributed by atoms with van der Waals surface area (Å²) in [6.45, 7) is 1.08. The summed E-state index contributed by atoms with van der Waals surface area (Å²) in [5.41, 5.74) is 1.46. The summed E-state index contributed by atoms with van der Waals surface area (Å²) in [5.74, 6) is 1.12. The molecule has 2 fully saturated rings. The largest absolute Gasteiger partial charge is 0.359 e. The van der Waals surface area contributed by atoms with Gasteiger partial charge in [0.05, 0.1) is 6.54 Å². The van der Waals surface area contributed by atoms with Gasteiger partial charge in [-0.2, -0.15) is 0 Å². The van der Waals surface area contributed by atoms with E-state index < -0.39 is 0 Å². The monoisotopic (exact) mass is 395 g/mol. The van der Waals surface area contributed by atoms with Crippen LogP contribution < -0.4 is 5.32 Å². The number of carbonyl (C=O) groups excluding carboxylic acids is 2. The van der Waals surface area contributed by atoms with Crippen LogP contribution in [0.15, 0.2) is 40.9 Å². The van der Waals surface area contributed by atoms with E-state index in [1.165, 1.54) is 18.4 Å². The van der Waals surface area contributed by atoms with Crippen LogP contribution >= 0.6 is 0 Å². The van der Waals surface area contributed by atoms with E-state index in [-0.39, 0.29) is 17.9 Å². The van der Waals surface area contributed by atoms with Crippen LogP contribution in [0.5, 0.6) is 0 Å². The quantitative estimate of drug-likeness (QED) is 0.702. The zero-order valence-electron chi connectivity index (χ0n) is 16.8. The maximum atomic E-state index is 13.0. The highest BCUT2D eigenvalue weighted by atomic mass is 16.5. The highest BCUT2D eigenvalue weighted by Gasteiger charge is 2.28. The molecule has 6 heteroatoms. The molecular weight excluding hydrogens is 366 g/mol. The van der Waals surface area contributed by atoms with Crippen LogP contribution in [0.25, 0.3) is 0 Å². The molecular formula is C23H29N3O3. The second kappa shape index (κ2) is 9.25. The molecule has 1 N–H and O–H groups in total. The predicted molar refractivity (Wildman–Crippen MR) is 109 cm³/mol. The van der Waals surface area contributed by atoms with E-state index in [0.717, 1.165) is 32.1 Å². The zero-order chi connectivity index (χ0) is 20.1. The van der Waals surface area contributed by atoms with Crippen molar-refractivity contribution in [3.05, 3.63) is 53.4 Å². The van der Waals surface area contributed by atoms with Crippen LogP contribution in [0, 0.1) is 5.92 Å². The van der Waals surface area contributed by atoms with Gasteiger partial charge in [0.1, 0.15) is 0 Å². The topological polar surface area (TPSA) is 75.4 Å². The lowest BCUT2D eigenvalue weighted by Gasteiger charge is -2.28. The molecule has 0 aliphatic heterocycles. The molecule has 2 aliphatic carbocycles. The molecule has 29 heavy (non-hydrogen) atoms. The number of amides is 2. The van der Waals surface area contributed by atoms with Crippen molar-refractivity contribution in [2.24, 2.45) is 5.92 Å². The molecule has 1 aromatic heterocycles. The van der Waals surface area contributed by atoms with Crippen LogP contribution in [0.3, 0.4) is 0 Å². The number of hydrogen-bond donors (Lipinski definition) is 1. The summed E-state index contributed by atoms with van der Waals surface area (Å²) in [5, 5.41) is 6.82. The summed E-state index contributed by atoms with van der Waals surface area (Å²) in [4.78, 5) is 27.2. The third-order valence-electron chi connectivity index (χ3n) is 5.92. The second-order valence-corrected chi connectivity index (χ2v) is 8.28. The van der Waals surface area contributed by atoms with Gasteiger partial charge in [0.15, 0.2) is 11.5 Å². The summed E-state index contributed by atoms with van der Waals surface area (Å²) >= 11 is 0. The van der Waals surface area contributed by atoms with Gasteiger partial charge in [-0.15, -0.1) is 0 Å². The van der Waals surface area contributed by atoms with E-state index in [4.69, 9.17) is 4.52 Å². The van der Waals surface area contributed by atoms with Crippen LogP contribution in [0.2, 0.25) is 0 Å². The van der Waals surface area contributed by atoms with Gasteiger partial charge < -0.3 is 14.7 Å². The zero-order valence-corrected chi connectivity index (χ0v) is 16.8. The van der Waals surface area contributed by atoms with E-state index in [2.05, 4.69) is 22.6 Å². The van der Waals surface area contributed by atoms with E-state index in [1.807, 2.05) is 23.1 Å². The molecule has 2 aromatic rings. The minimum Gasteiger partial charge on any atom is -0.359 e. The molecule has 6 nitrogen and oxygen atoms in total. The van der Waals surface area contributed by atoms with Crippen molar-refractivity contribution >= 4 is 11.8 Å². The number of benzene rings is 1. The van der Waals surface area contributed by atoms with E-state index in [9.17, 15) is 9.59 Å². The highest BCUT2D eigenvalue weighted by Crippen LogP contribution is 2.28. The standard InChI is InChI=1S/C23H29N3O3/c27-22(13-12-17-6-2-1-3-7-17)26(19-8-4-5-9-19)16-20-14-21(25-29-20)23(28)24-15-18-10-11-18/h1-3,6-7,14,18-19H,4-5,8-13,15-16H2,(H,24,28). The Balaban J connectivity index is 1.37. The first-order valence-corrected chi connectivity index (χ1v) is 10.8. The van der Waals surface area contributed by atoms with Crippen LogP contribution in [-0.4, -0.2) is 34.5 Å². The number of aromatic nitrogens is 1. The Kier molecular flexibility index (Phi) is 6.27. The smallest absolute Gasteiger partial charge is 0.273 e. The number of rotatable bonds is 9. The lowest BCUT2D eigenvalue weighted by atomic mass is 10.1. The summed E-state index contributed by atoms with van der Waals surface area (Å²) in [6.07, 6.45) is 7.94. The van der Waals surface area contributed by atoms with Crippen molar-refractivity contribution in [2.75, 3.05) is 6.54 Å². The molecule has 0 atom stereocenters. The first kappa shape index (κ1) is 19.7. The predicted octanol–water partition coefficient (Wildman–Crippen LogP) is 3.72. The van der Waals surface area contributed by atoms with E-state index in [0.29, 0.717) is 36.9 Å². The van der Waals surface area contributed by atoms with Gasteiger partial charge in [-0.25, -0.2) is 0 Å². The van der Waals surface area contributed by atoms with Gasteiger partial charge in [0.2, 0.25) is 5.91 Å². The Morgan fingerprint density at radius 2 is 1.86 bits per heavy atom. The van der Waals surface area contributed by atoms with Crippen molar-refractivity contribution in [3.8, 4) is 0 Å². The number of nitrogens with one attached hydrogen (secondary N) is 1. The normalized spacial score (nSPS) is 16.7. The van der Waals surface area contributed by atoms with Gasteiger partial charge in [0.25, 0.3) is 5.91 Å². The highest BCUT2D eigenvalue weighted by molar-refractivity contribution is 5.92. The Labute approximate surface area is 171 Å². The van der Waals surface area contributed by atoms with Crippen LogP contribution in [0.1, 0.15) is 66.8 Å². The molecule has 0 bridgehead atoms. The van der Waals surface area contributed by atoms with Crippen molar-refractivity contribution in [1.82, 2.24) is 15.4 Å². The third kappa shape index (κ3) is 5.46. The molecule has 0 saturated heterocycles. The minimum atomic E-state index is -0.199. The maximum Gasteiger partial charge on any atom is 0.273 e. The molecule has 2 saturated carbocycles. The lowest BCUT2D eigenvalue weighted by molar-refractivity contribution is -0.134. The molecule has 1 aromatic carbocycles. The molecule has 2 amide bonds. The number of hydrogen-bond acceptors (Lipinski definition) is 4. The Bertz CT molecular complexity index is 823. The van der Waals surface area contributed by atoms with E-state index in [1.54, 1.807) is 6.07 Å². The second-order valence-electron chi connectivity index (χ2n) is 8.28. The Hall–Kier alpha value is -2.63. The van der Waals surface area contributed by atoms with Gasteiger partial charge in [-0.3, -0.25) is 9.59 Å². The molecule has 0 spiro atoms. The number of carbonyl (C=O) groups is 2. The van der Waals surface area contributed by atoms with Crippen molar-refractivity contribution in [1.29, 1.82) is 0 Å². The first-order chi connectivity index (χ1) is 14.2. The summed E-state index contributed by atoms with van der Waals surface area (Å²) in [6, 6.07) is 12.0. The fraction of sp³-hybridized carbons (Fsp3) is 0.522. The summed E-state index contributed by atoms with van der Waals surface area (Å²) < 4.78 is 5.41. The van der Waals surface area contributed by atoms with Crippen molar-refractivity contribution in [2.45, 2.75) is 64.0 Å². The van der Waals surface area contributed by atoms with Crippen LogP contribution in [0.4, 0.5) is 0 Å². The molecule has 2 aliphatic rings. The van der Waals surface area contributed by atoms with E-state index >= 15 is 0 Å². The molecule has 0 unspecified atom stereocenters. The number of nitrogens with zero attached hydrogens (tertiary/aromatic N) is 2. The molecule has 154 valence electrons. The fourth-order valence-corrected chi connectivity index (χ4v) is 3.99. The molecule has 4 rings (SSSR count). The van der Waals surface area contributed by atoms with Gasteiger partial charge in [-0.05, 0) is 43.6 Å². The molecule has 0 radical (unpaired) electrons. The van der Waals surface area contributed by atoms with Gasteiger partial charge >= 0.3 is 0 Å². The SMILES string of the molecule is O=C(NCC1CC1)c1cc(CN(C(=O)CCc2ccccc2)C2CCCC2)on1. The first-order valence-electron chi connectivity index (χ1n) is 10.8. The maximum absolute atomic E-state index is 13.0. The number of aryl methyl sites for hydroxylation is 1.